The van der Waals surface area contributed by atoms with E-state index in [0.717, 1.165) is 5.56 Å². The van der Waals surface area contributed by atoms with Crippen LogP contribution < -0.4 is 5.32 Å². The maximum Gasteiger partial charge on any atom is 0.195 e. The third-order valence-electron chi connectivity index (χ3n) is 3.96. The van der Waals surface area contributed by atoms with Gasteiger partial charge in [0.2, 0.25) is 0 Å². The van der Waals surface area contributed by atoms with Gasteiger partial charge in [-0.1, -0.05) is 60.7 Å². The molecular weight excluding hydrogens is 317 g/mol. The molecule has 0 heterocycles. The topological polar surface area (TPSA) is 49.3 Å². The van der Waals surface area contributed by atoms with Gasteiger partial charge in [0.05, 0.1) is 6.61 Å². The van der Waals surface area contributed by atoms with Crippen molar-refractivity contribution in [3.63, 3.8) is 0 Å². The van der Waals surface area contributed by atoms with Gasteiger partial charge in [-0.05, 0) is 17.7 Å². The van der Waals surface area contributed by atoms with Gasteiger partial charge < -0.3 is 10.4 Å². The monoisotopic (exact) mass is 335 g/mol. The molecule has 0 fully saturated rings. The third kappa shape index (κ3) is 3.92. The lowest BCUT2D eigenvalue weighted by molar-refractivity contribution is 0.103. The Morgan fingerprint density at radius 2 is 1.60 bits per heavy atom. The molecule has 3 aromatic rings. The molecule has 0 atom stereocenters. The summed E-state index contributed by atoms with van der Waals surface area (Å²) in [5.74, 6) is -0.855. The van der Waals surface area contributed by atoms with Crippen LogP contribution in [0.5, 0.6) is 0 Å². The Morgan fingerprint density at radius 3 is 2.24 bits per heavy atom. The minimum atomic E-state index is -0.591. The number of halogens is 1. The predicted octanol–water partition coefficient (Wildman–Crippen LogP) is 4.16. The second-order valence-corrected chi connectivity index (χ2v) is 5.68. The van der Waals surface area contributed by atoms with Gasteiger partial charge in [-0.2, -0.15) is 0 Å². The molecule has 0 saturated carbocycles. The summed E-state index contributed by atoms with van der Waals surface area (Å²) >= 11 is 0. The molecule has 0 spiro atoms. The van der Waals surface area contributed by atoms with Crippen LogP contribution >= 0.6 is 0 Å². The third-order valence-corrected chi connectivity index (χ3v) is 3.96. The molecule has 0 bridgehead atoms. The van der Waals surface area contributed by atoms with Crippen molar-refractivity contribution in [3.05, 3.63) is 101 Å². The van der Waals surface area contributed by atoms with Gasteiger partial charge in [0, 0.05) is 28.9 Å². The highest BCUT2D eigenvalue weighted by atomic mass is 19.1. The Hall–Kier alpha value is -2.98. The summed E-state index contributed by atoms with van der Waals surface area (Å²) in [7, 11) is 0. The zero-order valence-electron chi connectivity index (χ0n) is 13.6. The molecule has 0 amide bonds. The van der Waals surface area contributed by atoms with E-state index < -0.39 is 12.4 Å². The largest absolute Gasteiger partial charge is 0.392 e. The molecule has 0 aliphatic rings. The van der Waals surface area contributed by atoms with E-state index in [1.165, 1.54) is 12.1 Å². The van der Waals surface area contributed by atoms with E-state index in [-0.39, 0.29) is 16.9 Å². The van der Waals surface area contributed by atoms with Crippen molar-refractivity contribution < 1.29 is 14.3 Å². The lowest BCUT2D eigenvalue weighted by Crippen LogP contribution is -2.10. The van der Waals surface area contributed by atoms with Crippen LogP contribution in [0.1, 0.15) is 27.0 Å². The van der Waals surface area contributed by atoms with Crippen molar-refractivity contribution in [1.82, 2.24) is 0 Å². The van der Waals surface area contributed by atoms with E-state index in [1.54, 1.807) is 24.3 Å². The first-order valence-corrected chi connectivity index (χ1v) is 8.00. The van der Waals surface area contributed by atoms with E-state index in [0.29, 0.717) is 17.8 Å². The van der Waals surface area contributed by atoms with Crippen LogP contribution in [0, 0.1) is 5.82 Å². The van der Waals surface area contributed by atoms with Gasteiger partial charge in [-0.3, -0.25) is 4.79 Å². The van der Waals surface area contributed by atoms with Gasteiger partial charge >= 0.3 is 0 Å². The number of carbonyl (C=O) groups excluding carboxylic acids is 1. The zero-order chi connectivity index (χ0) is 17.6. The van der Waals surface area contributed by atoms with Crippen molar-refractivity contribution in [1.29, 1.82) is 0 Å². The highest BCUT2D eigenvalue weighted by Gasteiger charge is 2.17. The minimum absolute atomic E-state index is 0.153. The molecule has 0 aromatic heterocycles. The fourth-order valence-corrected chi connectivity index (χ4v) is 2.61. The van der Waals surface area contributed by atoms with Crippen LogP contribution in [0.15, 0.2) is 72.8 Å². The van der Waals surface area contributed by atoms with Crippen molar-refractivity contribution in [3.8, 4) is 0 Å². The number of aliphatic hydroxyl groups is 1. The summed E-state index contributed by atoms with van der Waals surface area (Å²) in [6, 6.07) is 21.1. The summed E-state index contributed by atoms with van der Waals surface area (Å²) in [4.78, 5) is 12.8. The molecule has 25 heavy (non-hydrogen) atoms. The van der Waals surface area contributed by atoms with Crippen LogP contribution in [0.2, 0.25) is 0 Å². The molecule has 2 N–H and O–H groups in total. The maximum absolute atomic E-state index is 14.1. The molecule has 0 saturated heterocycles. The zero-order valence-corrected chi connectivity index (χ0v) is 13.6. The summed E-state index contributed by atoms with van der Waals surface area (Å²) in [5, 5.41) is 12.5. The summed E-state index contributed by atoms with van der Waals surface area (Å²) in [5.41, 5.74) is 2.43. The van der Waals surface area contributed by atoms with Gasteiger partial charge in [0.15, 0.2) is 5.78 Å². The first-order chi connectivity index (χ1) is 12.2. The lowest BCUT2D eigenvalue weighted by atomic mass is 9.99. The maximum atomic E-state index is 14.1. The van der Waals surface area contributed by atoms with Crippen LogP contribution in [-0.2, 0) is 13.2 Å². The van der Waals surface area contributed by atoms with Crippen molar-refractivity contribution in [2.24, 2.45) is 0 Å². The first-order valence-electron chi connectivity index (χ1n) is 8.00. The Bertz CT molecular complexity index is 864. The highest BCUT2D eigenvalue weighted by molar-refractivity contribution is 6.12. The molecule has 126 valence electrons. The number of hydrogen-bond acceptors (Lipinski definition) is 3. The number of hydrogen-bond donors (Lipinski definition) is 2. The normalized spacial score (nSPS) is 10.5. The molecule has 3 nitrogen and oxygen atoms in total. The Morgan fingerprint density at radius 1 is 0.960 bits per heavy atom. The van der Waals surface area contributed by atoms with Crippen molar-refractivity contribution in [2.75, 3.05) is 5.32 Å². The van der Waals surface area contributed by atoms with Crippen molar-refractivity contribution in [2.45, 2.75) is 13.2 Å². The van der Waals surface area contributed by atoms with Crippen LogP contribution in [-0.4, -0.2) is 10.9 Å². The SMILES string of the molecule is O=C(c1ccccc1)c1cc(F)c(CO)cc1NCc1ccccc1. The second kappa shape index (κ2) is 7.73. The number of aliphatic hydroxyl groups excluding tert-OH is 1. The smallest absolute Gasteiger partial charge is 0.195 e. The van der Waals surface area contributed by atoms with Crippen LogP contribution in [0.3, 0.4) is 0 Å². The van der Waals surface area contributed by atoms with Gasteiger partial charge in [0.25, 0.3) is 0 Å². The van der Waals surface area contributed by atoms with Gasteiger partial charge in [0.1, 0.15) is 5.82 Å². The number of ketones is 1. The summed E-state index contributed by atoms with van der Waals surface area (Å²) in [6.45, 7) is 0.0675. The average Bonchev–Trinajstić information content (AvgIpc) is 2.67. The van der Waals surface area contributed by atoms with E-state index in [4.69, 9.17) is 0 Å². The predicted molar refractivity (Wildman–Crippen MR) is 96.0 cm³/mol. The van der Waals surface area contributed by atoms with Gasteiger partial charge in [-0.15, -0.1) is 0 Å². The molecule has 3 aromatic carbocycles. The minimum Gasteiger partial charge on any atom is -0.392 e. The van der Waals surface area contributed by atoms with Crippen LogP contribution in [0.25, 0.3) is 0 Å². The van der Waals surface area contributed by atoms with E-state index in [2.05, 4.69) is 5.32 Å². The molecule has 0 unspecified atom stereocenters. The average molecular weight is 335 g/mol. The number of benzene rings is 3. The Balaban J connectivity index is 1.95. The molecule has 0 aliphatic carbocycles. The number of carbonyl (C=O) groups is 1. The molecule has 3 rings (SSSR count). The molecule has 0 radical (unpaired) electrons. The van der Waals surface area contributed by atoms with Crippen LogP contribution in [0.4, 0.5) is 10.1 Å². The quantitative estimate of drug-likeness (QED) is 0.665. The lowest BCUT2D eigenvalue weighted by Gasteiger charge is -2.14. The fraction of sp³-hybridized carbons (Fsp3) is 0.0952. The Kier molecular flexibility index (Phi) is 5.21. The van der Waals surface area contributed by atoms with E-state index in [1.807, 2.05) is 36.4 Å². The number of anilines is 1. The first kappa shape index (κ1) is 16.9. The summed E-state index contributed by atoms with van der Waals surface area (Å²) < 4.78 is 14.1. The van der Waals surface area contributed by atoms with Crippen molar-refractivity contribution >= 4 is 11.5 Å². The second-order valence-electron chi connectivity index (χ2n) is 5.68. The summed E-state index contributed by atoms with van der Waals surface area (Å²) in [6.07, 6.45) is 0. The standard InChI is InChI=1S/C21H18FNO2/c22-19-12-18(21(25)16-9-5-2-6-10-16)20(11-17(19)14-24)23-13-15-7-3-1-4-8-15/h1-12,23-24H,13-14H2. The number of rotatable bonds is 6. The van der Waals surface area contributed by atoms with Gasteiger partial charge in [-0.25, -0.2) is 4.39 Å². The highest BCUT2D eigenvalue weighted by Crippen LogP contribution is 2.24. The molecular formula is C21H18FNO2. The van der Waals surface area contributed by atoms with E-state index >= 15 is 0 Å². The Labute approximate surface area is 145 Å². The van der Waals surface area contributed by atoms with E-state index in [9.17, 15) is 14.3 Å². The number of nitrogens with one attached hydrogen (secondary N) is 1. The molecule has 0 aliphatic heterocycles. The molecule has 4 heteroatoms. The fourth-order valence-electron chi connectivity index (χ4n) is 2.61.